The Kier molecular flexibility index (Phi) is 8.06. The highest BCUT2D eigenvalue weighted by atomic mass is 28.4. The fraction of sp³-hybridized carbons (Fsp3) is 0.440. The number of hydrogen-bond acceptors (Lipinski definition) is 2. The van der Waals surface area contributed by atoms with E-state index in [1.807, 2.05) is 12.1 Å². The van der Waals surface area contributed by atoms with Crippen LogP contribution in [0, 0.1) is 12.3 Å². The van der Waals surface area contributed by atoms with Crippen molar-refractivity contribution >= 4 is 18.7 Å². The molecule has 0 bridgehead atoms. The lowest BCUT2D eigenvalue weighted by Gasteiger charge is -2.45. The third-order valence-electron chi connectivity index (χ3n) is 5.36. The molecule has 0 unspecified atom stereocenters. The van der Waals surface area contributed by atoms with Gasteiger partial charge in [-0.05, 0) is 21.8 Å². The summed E-state index contributed by atoms with van der Waals surface area (Å²) in [5, 5.41) is 12.9. The van der Waals surface area contributed by atoms with Gasteiger partial charge in [-0.15, -0.1) is 6.42 Å². The van der Waals surface area contributed by atoms with Crippen LogP contribution in [0.15, 0.2) is 60.7 Å². The van der Waals surface area contributed by atoms with Gasteiger partial charge in [-0.3, -0.25) is 0 Å². The second-order valence-electron chi connectivity index (χ2n) is 8.43. The van der Waals surface area contributed by atoms with Gasteiger partial charge in [-0.2, -0.15) is 0 Å². The molecule has 2 aromatic rings. The summed E-state index contributed by atoms with van der Waals surface area (Å²) in [4.78, 5) is 0. The Hall–Kier alpha value is -1.86. The Labute approximate surface area is 172 Å². The minimum Gasteiger partial charge on any atom is -0.401 e. The molecule has 0 aliphatic rings. The summed E-state index contributed by atoms with van der Waals surface area (Å²) in [6, 6.07) is 21.0. The Morgan fingerprint density at radius 2 is 1.46 bits per heavy atom. The molecule has 3 heteroatoms. The molecule has 0 amide bonds. The van der Waals surface area contributed by atoms with E-state index in [0.29, 0.717) is 0 Å². The highest BCUT2D eigenvalue weighted by molar-refractivity contribution is 6.99. The molecule has 0 fully saturated rings. The predicted molar refractivity (Wildman–Crippen MR) is 121 cm³/mol. The SMILES string of the molecule is C#C[C@@H](O)[C@H](CCCCC)O[Si](c1ccccc1)(c1ccccc1)C(C)(C)C. The van der Waals surface area contributed by atoms with Crippen LogP contribution in [0.3, 0.4) is 0 Å². The lowest BCUT2D eigenvalue weighted by Crippen LogP contribution is -2.68. The molecule has 28 heavy (non-hydrogen) atoms. The Balaban J connectivity index is 2.61. The number of benzene rings is 2. The Morgan fingerprint density at radius 1 is 0.964 bits per heavy atom. The second-order valence-corrected chi connectivity index (χ2v) is 12.7. The van der Waals surface area contributed by atoms with Crippen molar-refractivity contribution in [1.29, 1.82) is 0 Å². The quantitative estimate of drug-likeness (QED) is 0.385. The second kappa shape index (κ2) is 10.1. The maximum Gasteiger partial charge on any atom is 0.261 e. The number of unbranched alkanes of at least 4 members (excludes halogenated alkanes) is 2. The number of aliphatic hydroxyl groups is 1. The van der Waals surface area contributed by atoms with Gasteiger partial charge in [-0.1, -0.05) is 114 Å². The molecule has 150 valence electrons. The van der Waals surface area contributed by atoms with Gasteiger partial charge in [0.2, 0.25) is 0 Å². The van der Waals surface area contributed by atoms with Crippen LogP contribution in [0.4, 0.5) is 0 Å². The van der Waals surface area contributed by atoms with E-state index in [2.05, 4.69) is 82.1 Å². The van der Waals surface area contributed by atoms with Gasteiger partial charge in [0.15, 0.2) is 0 Å². The zero-order chi connectivity index (χ0) is 20.6. The molecule has 2 aromatic carbocycles. The van der Waals surface area contributed by atoms with E-state index < -0.39 is 14.4 Å². The van der Waals surface area contributed by atoms with Crippen molar-refractivity contribution < 1.29 is 9.53 Å². The molecule has 0 spiro atoms. The van der Waals surface area contributed by atoms with Crippen LogP contribution in [0.25, 0.3) is 0 Å². The first kappa shape index (κ1) is 22.4. The predicted octanol–water partition coefficient (Wildman–Crippen LogP) is 4.51. The third-order valence-corrected chi connectivity index (χ3v) is 10.4. The lowest BCUT2D eigenvalue weighted by atomic mass is 10.1. The van der Waals surface area contributed by atoms with Crippen molar-refractivity contribution in [3.63, 3.8) is 0 Å². The molecule has 2 atom stereocenters. The van der Waals surface area contributed by atoms with Gasteiger partial charge >= 0.3 is 0 Å². The van der Waals surface area contributed by atoms with Crippen LogP contribution >= 0.6 is 0 Å². The molecule has 0 aromatic heterocycles. The first-order valence-corrected chi connectivity index (χ1v) is 12.2. The third kappa shape index (κ3) is 4.94. The molecule has 0 aliphatic carbocycles. The normalized spacial score (nSPS) is 14.3. The number of hydrogen-bond donors (Lipinski definition) is 1. The molecular formula is C25H34O2Si. The number of aliphatic hydroxyl groups excluding tert-OH is 1. The minimum atomic E-state index is -2.71. The van der Waals surface area contributed by atoms with Gasteiger partial charge in [0.05, 0.1) is 6.10 Å². The zero-order valence-electron chi connectivity index (χ0n) is 17.7. The van der Waals surface area contributed by atoms with Crippen molar-refractivity contribution in [2.24, 2.45) is 0 Å². The van der Waals surface area contributed by atoms with Gasteiger partial charge in [-0.25, -0.2) is 0 Å². The number of terminal acetylenes is 1. The molecule has 0 aliphatic heterocycles. The van der Waals surface area contributed by atoms with Gasteiger partial charge in [0, 0.05) is 0 Å². The van der Waals surface area contributed by atoms with Gasteiger partial charge in [0.25, 0.3) is 8.32 Å². The smallest absolute Gasteiger partial charge is 0.261 e. The summed E-state index contributed by atoms with van der Waals surface area (Å²) in [5.74, 6) is 2.52. The summed E-state index contributed by atoms with van der Waals surface area (Å²) in [5.41, 5.74) is 0. The fourth-order valence-electron chi connectivity index (χ4n) is 3.90. The molecule has 0 saturated carbocycles. The van der Waals surface area contributed by atoms with Crippen LogP contribution in [-0.4, -0.2) is 25.6 Å². The molecule has 0 heterocycles. The molecule has 2 nitrogen and oxygen atoms in total. The minimum absolute atomic E-state index is 0.132. The molecule has 2 rings (SSSR count). The highest BCUT2D eigenvalue weighted by Gasteiger charge is 2.51. The van der Waals surface area contributed by atoms with E-state index in [0.717, 1.165) is 25.7 Å². The maximum absolute atomic E-state index is 10.6. The zero-order valence-corrected chi connectivity index (χ0v) is 18.7. The van der Waals surface area contributed by atoms with Crippen molar-refractivity contribution in [2.45, 2.75) is 70.6 Å². The van der Waals surface area contributed by atoms with Crippen LogP contribution in [-0.2, 0) is 4.43 Å². The summed E-state index contributed by atoms with van der Waals surface area (Å²) < 4.78 is 7.02. The molecule has 0 saturated heterocycles. The monoisotopic (exact) mass is 394 g/mol. The summed E-state index contributed by atoms with van der Waals surface area (Å²) in [6.45, 7) is 8.90. The summed E-state index contributed by atoms with van der Waals surface area (Å²) in [7, 11) is -2.71. The van der Waals surface area contributed by atoms with Crippen LogP contribution < -0.4 is 10.4 Å². The lowest BCUT2D eigenvalue weighted by molar-refractivity contribution is 0.0581. The van der Waals surface area contributed by atoms with Crippen LogP contribution in [0.1, 0.15) is 53.4 Å². The van der Waals surface area contributed by atoms with Crippen molar-refractivity contribution in [3.05, 3.63) is 60.7 Å². The van der Waals surface area contributed by atoms with Crippen molar-refractivity contribution in [3.8, 4) is 12.3 Å². The standard InChI is InChI=1S/C25H34O2Si/c1-6-8-11-20-24(23(26)7-2)27-28(25(3,4)5,21-16-12-9-13-17-21)22-18-14-10-15-19-22/h2,9-10,12-19,23-24,26H,6,8,11,20H2,1,3-5H3/t23-,24+/m1/s1. The highest BCUT2D eigenvalue weighted by Crippen LogP contribution is 2.38. The first-order valence-electron chi connectivity index (χ1n) is 10.3. The van der Waals surface area contributed by atoms with E-state index in [-0.39, 0.29) is 11.1 Å². The van der Waals surface area contributed by atoms with Gasteiger partial charge < -0.3 is 9.53 Å². The largest absolute Gasteiger partial charge is 0.401 e. The maximum atomic E-state index is 10.6. The molecular weight excluding hydrogens is 360 g/mol. The Morgan fingerprint density at radius 3 is 1.86 bits per heavy atom. The first-order chi connectivity index (χ1) is 13.4. The van der Waals surface area contributed by atoms with Crippen LogP contribution in [0.2, 0.25) is 5.04 Å². The summed E-state index contributed by atoms with van der Waals surface area (Å²) >= 11 is 0. The van der Waals surface area contributed by atoms with Gasteiger partial charge in [0.1, 0.15) is 6.10 Å². The van der Waals surface area contributed by atoms with Crippen LogP contribution in [0.5, 0.6) is 0 Å². The van der Waals surface area contributed by atoms with E-state index in [9.17, 15) is 5.11 Å². The topological polar surface area (TPSA) is 29.5 Å². The molecule has 0 radical (unpaired) electrons. The fourth-order valence-corrected chi connectivity index (χ4v) is 8.62. The average Bonchev–Trinajstić information content (AvgIpc) is 2.70. The number of rotatable bonds is 9. The van der Waals surface area contributed by atoms with E-state index in [1.54, 1.807) is 0 Å². The van der Waals surface area contributed by atoms with Crippen molar-refractivity contribution in [1.82, 2.24) is 0 Å². The van der Waals surface area contributed by atoms with Crippen molar-refractivity contribution in [2.75, 3.05) is 0 Å². The Bertz CT molecular complexity index is 704. The molecule has 1 N–H and O–H groups in total. The summed E-state index contributed by atoms with van der Waals surface area (Å²) in [6.07, 6.45) is 8.34. The average molecular weight is 395 g/mol. The van der Waals surface area contributed by atoms with E-state index in [4.69, 9.17) is 10.8 Å². The van der Waals surface area contributed by atoms with E-state index >= 15 is 0 Å². The van der Waals surface area contributed by atoms with E-state index in [1.165, 1.54) is 10.4 Å².